The van der Waals surface area contributed by atoms with Crippen LogP contribution in [0.3, 0.4) is 0 Å². The molecule has 2 heteroatoms. The van der Waals surface area contributed by atoms with Gasteiger partial charge in [-0.05, 0) is 24.8 Å². The van der Waals surface area contributed by atoms with Crippen LogP contribution in [0.25, 0.3) is 0 Å². The maximum atomic E-state index is 13.4. The van der Waals surface area contributed by atoms with Gasteiger partial charge in [0.05, 0.1) is 6.61 Å². The Bertz CT molecular complexity index is 352. The lowest BCUT2D eigenvalue weighted by Gasteiger charge is -2.07. The molecule has 0 saturated heterocycles. The van der Waals surface area contributed by atoms with Crippen LogP contribution in [0.5, 0.6) is 0 Å². The van der Waals surface area contributed by atoms with Crippen LogP contribution in [-0.4, -0.2) is 12.8 Å². The molecule has 1 rings (SSSR count). The highest BCUT2D eigenvalue weighted by molar-refractivity contribution is 5.13. The zero-order valence-electron chi connectivity index (χ0n) is 14.9. The molecule has 0 aliphatic rings. The first kappa shape index (κ1) is 20.2. The van der Waals surface area contributed by atoms with Gasteiger partial charge in [-0.25, -0.2) is 4.39 Å². The second-order valence-corrected chi connectivity index (χ2v) is 6.54. The van der Waals surface area contributed by atoms with E-state index in [-0.39, 0.29) is 0 Å². The van der Waals surface area contributed by atoms with E-state index in [0.717, 1.165) is 51.7 Å². The highest BCUT2D eigenvalue weighted by Gasteiger charge is 2.04. The first-order chi connectivity index (χ1) is 11.3. The Morgan fingerprint density at radius 2 is 1.43 bits per heavy atom. The van der Waals surface area contributed by atoms with Crippen molar-refractivity contribution in [2.45, 2.75) is 90.3 Å². The van der Waals surface area contributed by atoms with Crippen LogP contribution in [-0.2, 0) is 11.3 Å². The van der Waals surface area contributed by atoms with Crippen LogP contribution in [0.4, 0.5) is 4.39 Å². The average molecular weight is 323 g/mol. The van der Waals surface area contributed by atoms with Crippen molar-refractivity contribution in [1.29, 1.82) is 0 Å². The summed E-state index contributed by atoms with van der Waals surface area (Å²) in [6, 6.07) is 10.3. The third kappa shape index (κ3) is 12.2. The van der Waals surface area contributed by atoms with E-state index in [1.807, 2.05) is 18.2 Å². The molecule has 0 aromatic heterocycles. The summed E-state index contributed by atoms with van der Waals surface area (Å²) in [7, 11) is 0. The number of hydrogen-bond donors (Lipinski definition) is 0. The molecule has 132 valence electrons. The fraction of sp³-hybridized carbons (Fsp3) is 0.714. The summed E-state index contributed by atoms with van der Waals surface area (Å²) in [4.78, 5) is 0. The molecular formula is C21H35FO. The Balaban J connectivity index is 1.78. The third-order valence-corrected chi connectivity index (χ3v) is 4.29. The van der Waals surface area contributed by atoms with E-state index in [0.29, 0.717) is 0 Å². The van der Waals surface area contributed by atoms with Gasteiger partial charge < -0.3 is 4.74 Å². The smallest absolute Gasteiger partial charge is 0.100 e. The second kappa shape index (κ2) is 14.7. The highest BCUT2D eigenvalue weighted by atomic mass is 19.1. The molecule has 0 bridgehead atoms. The molecule has 0 heterocycles. The van der Waals surface area contributed by atoms with Crippen molar-refractivity contribution in [2.24, 2.45) is 0 Å². The van der Waals surface area contributed by atoms with Crippen molar-refractivity contribution in [3.05, 3.63) is 35.9 Å². The van der Waals surface area contributed by atoms with E-state index in [1.165, 1.54) is 37.7 Å². The fourth-order valence-electron chi connectivity index (χ4n) is 2.79. The number of unbranched alkanes of at least 4 members (excludes halogenated alkanes) is 7. The first-order valence-corrected chi connectivity index (χ1v) is 9.58. The minimum atomic E-state index is -0.559. The molecular weight excluding hydrogens is 287 g/mol. The molecule has 0 amide bonds. The van der Waals surface area contributed by atoms with Gasteiger partial charge in [-0.15, -0.1) is 0 Å². The number of ether oxygens (including phenoxy) is 1. The molecule has 23 heavy (non-hydrogen) atoms. The number of rotatable bonds is 15. The topological polar surface area (TPSA) is 9.23 Å². The van der Waals surface area contributed by atoms with E-state index in [4.69, 9.17) is 4.74 Å². The van der Waals surface area contributed by atoms with Crippen LogP contribution in [0.1, 0.15) is 83.1 Å². The molecule has 1 unspecified atom stereocenters. The van der Waals surface area contributed by atoms with Crippen molar-refractivity contribution < 1.29 is 9.13 Å². The highest BCUT2D eigenvalue weighted by Crippen LogP contribution is 2.15. The van der Waals surface area contributed by atoms with Crippen LogP contribution in [0, 0.1) is 0 Å². The lowest BCUT2D eigenvalue weighted by molar-refractivity contribution is 0.116. The van der Waals surface area contributed by atoms with Crippen LogP contribution < -0.4 is 0 Å². The maximum absolute atomic E-state index is 13.4. The van der Waals surface area contributed by atoms with E-state index >= 15 is 0 Å². The normalized spacial score (nSPS) is 12.4. The Hall–Kier alpha value is -0.890. The summed E-state index contributed by atoms with van der Waals surface area (Å²) in [6.45, 7) is 3.71. The molecule has 0 spiro atoms. The summed E-state index contributed by atoms with van der Waals surface area (Å²) in [6.07, 6.45) is 11.6. The van der Waals surface area contributed by atoms with Crippen LogP contribution in [0.15, 0.2) is 30.3 Å². The molecule has 0 aliphatic heterocycles. The Kier molecular flexibility index (Phi) is 12.9. The summed E-state index contributed by atoms with van der Waals surface area (Å²) >= 11 is 0. The van der Waals surface area contributed by atoms with Crippen LogP contribution in [0.2, 0.25) is 0 Å². The van der Waals surface area contributed by atoms with Gasteiger partial charge in [0.25, 0.3) is 0 Å². The Morgan fingerprint density at radius 3 is 2.13 bits per heavy atom. The van der Waals surface area contributed by atoms with Crippen molar-refractivity contribution in [3.8, 4) is 0 Å². The molecule has 0 saturated carbocycles. The number of alkyl halides is 1. The summed E-state index contributed by atoms with van der Waals surface area (Å²) < 4.78 is 19.1. The zero-order valence-corrected chi connectivity index (χ0v) is 14.9. The summed E-state index contributed by atoms with van der Waals surface area (Å²) in [5.74, 6) is 0. The van der Waals surface area contributed by atoms with Gasteiger partial charge in [-0.2, -0.15) is 0 Å². The standard InChI is InChI=1S/C21H35FO/c1-2-3-16-21(22)17-12-7-5-4-6-8-13-18-23-19-20-14-10-9-11-15-20/h9-11,14-15,21H,2-8,12-13,16-19H2,1H3. The van der Waals surface area contributed by atoms with E-state index in [2.05, 4.69) is 19.1 Å². The fourth-order valence-corrected chi connectivity index (χ4v) is 2.79. The van der Waals surface area contributed by atoms with Gasteiger partial charge in [0, 0.05) is 6.61 Å². The molecule has 0 N–H and O–H groups in total. The lowest BCUT2D eigenvalue weighted by Crippen LogP contribution is -1.99. The molecule has 0 radical (unpaired) electrons. The molecule has 1 aromatic rings. The molecule has 0 aliphatic carbocycles. The Morgan fingerprint density at radius 1 is 0.826 bits per heavy atom. The van der Waals surface area contributed by atoms with Crippen molar-refractivity contribution in [2.75, 3.05) is 6.61 Å². The van der Waals surface area contributed by atoms with E-state index in [1.54, 1.807) is 0 Å². The zero-order chi connectivity index (χ0) is 16.6. The van der Waals surface area contributed by atoms with Gasteiger partial charge >= 0.3 is 0 Å². The first-order valence-electron chi connectivity index (χ1n) is 9.58. The van der Waals surface area contributed by atoms with Gasteiger partial charge in [-0.3, -0.25) is 0 Å². The third-order valence-electron chi connectivity index (χ3n) is 4.29. The SMILES string of the molecule is CCCCC(F)CCCCCCCCCOCc1ccccc1. The maximum Gasteiger partial charge on any atom is 0.100 e. The van der Waals surface area contributed by atoms with E-state index in [9.17, 15) is 4.39 Å². The largest absolute Gasteiger partial charge is 0.377 e. The minimum absolute atomic E-state index is 0.559. The van der Waals surface area contributed by atoms with Gasteiger partial charge in [0.15, 0.2) is 0 Å². The van der Waals surface area contributed by atoms with Crippen molar-refractivity contribution in [1.82, 2.24) is 0 Å². The number of hydrogen-bond acceptors (Lipinski definition) is 1. The monoisotopic (exact) mass is 322 g/mol. The molecule has 0 fully saturated rings. The summed E-state index contributed by atoms with van der Waals surface area (Å²) in [5.41, 5.74) is 1.25. The average Bonchev–Trinajstić information content (AvgIpc) is 2.58. The molecule has 1 aromatic carbocycles. The predicted octanol–water partition coefficient (Wildman–Crippen LogP) is 6.85. The molecule has 1 atom stereocenters. The second-order valence-electron chi connectivity index (χ2n) is 6.54. The van der Waals surface area contributed by atoms with E-state index < -0.39 is 6.17 Å². The quantitative estimate of drug-likeness (QED) is 0.321. The number of halogens is 1. The van der Waals surface area contributed by atoms with Gasteiger partial charge in [-0.1, -0.05) is 88.6 Å². The summed E-state index contributed by atoms with van der Waals surface area (Å²) in [5, 5.41) is 0. The van der Waals surface area contributed by atoms with Crippen molar-refractivity contribution in [3.63, 3.8) is 0 Å². The van der Waals surface area contributed by atoms with Crippen molar-refractivity contribution >= 4 is 0 Å². The lowest BCUT2D eigenvalue weighted by atomic mass is 10.0. The predicted molar refractivity (Wildman–Crippen MR) is 97.5 cm³/mol. The Labute approximate surface area is 142 Å². The minimum Gasteiger partial charge on any atom is -0.377 e. The van der Waals surface area contributed by atoms with Gasteiger partial charge in [0.2, 0.25) is 0 Å². The van der Waals surface area contributed by atoms with Crippen LogP contribution >= 0.6 is 0 Å². The van der Waals surface area contributed by atoms with Gasteiger partial charge in [0.1, 0.15) is 6.17 Å². The number of benzene rings is 1. The molecule has 1 nitrogen and oxygen atoms in total.